The number of halogens is 2. The summed E-state index contributed by atoms with van der Waals surface area (Å²) in [4.78, 5) is 4.45. The maximum atomic E-state index is 6.11. The number of nitrogens with zero attached hydrogens (tertiary/aromatic N) is 1. The number of aryl methyl sites for hydroxylation is 1. The third-order valence-electron chi connectivity index (χ3n) is 2.54. The number of rotatable bonds is 3. The summed E-state index contributed by atoms with van der Waals surface area (Å²) in [6, 6.07) is 7.46. The zero-order chi connectivity index (χ0) is 14.0. The second-order valence-electron chi connectivity index (χ2n) is 4.00. The monoisotopic (exact) mass is 355 g/mol. The van der Waals surface area contributed by atoms with Gasteiger partial charge in [-0.3, -0.25) is 4.98 Å². The van der Waals surface area contributed by atoms with Gasteiger partial charge in [0.05, 0.1) is 23.3 Å². The highest BCUT2D eigenvalue weighted by Gasteiger charge is 2.05. The summed E-state index contributed by atoms with van der Waals surface area (Å²) in [5.74, 6) is 0. The third kappa shape index (κ3) is 3.43. The van der Waals surface area contributed by atoms with Gasteiger partial charge in [0.1, 0.15) is 4.99 Å². The largest absolute Gasteiger partial charge is 0.388 e. The number of thiocarbonyl (C=S) groups is 1. The van der Waals surface area contributed by atoms with E-state index in [-0.39, 0.29) is 4.99 Å². The molecule has 0 saturated carbocycles. The number of nitrogens with one attached hydrogen (secondary N) is 1. The topological polar surface area (TPSA) is 50.9 Å². The Balaban J connectivity index is 2.26. The number of benzene rings is 1. The molecule has 19 heavy (non-hydrogen) atoms. The second kappa shape index (κ2) is 5.86. The zero-order valence-electron chi connectivity index (χ0n) is 10.1. The fourth-order valence-corrected chi connectivity index (χ4v) is 2.35. The molecule has 0 spiro atoms. The molecule has 1 aromatic heterocycles. The van der Waals surface area contributed by atoms with Gasteiger partial charge in [0.15, 0.2) is 0 Å². The zero-order valence-corrected chi connectivity index (χ0v) is 13.2. The molecule has 1 heterocycles. The molecule has 2 rings (SSSR count). The lowest BCUT2D eigenvalue weighted by molar-refractivity contribution is 1.28. The van der Waals surface area contributed by atoms with E-state index in [0.29, 0.717) is 10.7 Å². The van der Waals surface area contributed by atoms with Gasteiger partial charge >= 0.3 is 0 Å². The predicted molar refractivity (Wildman–Crippen MR) is 87.3 cm³/mol. The van der Waals surface area contributed by atoms with Crippen LogP contribution >= 0.6 is 39.7 Å². The van der Waals surface area contributed by atoms with Gasteiger partial charge in [0.25, 0.3) is 0 Å². The van der Waals surface area contributed by atoms with Crippen LogP contribution in [-0.4, -0.2) is 9.97 Å². The van der Waals surface area contributed by atoms with Crippen LogP contribution in [0.15, 0.2) is 34.9 Å². The van der Waals surface area contributed by atoms with E-state index in [9.17, 15) is 0 Å². The van der Waals surface area contributed by atoms with Gasteiger partial charge < -0.3 is 11.1 Å². The molecular weight excluding hydrogens is 346 g/mol. The normalized spacial score (nSPS) is 10.3. The lowest BCUT2D eigenvalue weighted by Gasteiger charge is -2.10. The Labute approximate surface area is 130 Å². The highest BCUT2D eigenvalue weighted by molar-refractivity contribution is 9.10. The smallest absolute Gasteiger partial charge is 0.122 e. The van der Waals surface area contributed by atoms with Crippen molar-refractivity contribution >= 4 is 56.1 Å². The van der Waals surface area contributed by atoms with Crippen molar-refractivity contribution in [3.8, 4) is 0 Å². The molecule has 0 saturated heterocycles. The van der Waals surface area contributed by atoms with E-state index in [1.165, 1.54) is 0 Å². The summed E-state index contributed by atoms with van der Waals surface area (Å²) in [6.45, 7) is 1.95. The van der Waals surface area contributed by atoms with E-state index in [2.05, 4.69) is 26.2 Å². The fourth-order valence-electron chi connectivity index (χ4n) is 1.51. The molecule has 3 nitrogen and oxygen atoms in total. The van der Waals surface area contributed by atoms with Crippen molar-refractivity contribution in [2.75, 3.05) is 5.32 Å². The maximum absolute atomic E-state index is 6.11. The molecule has 0 aliphatic heterocycles. The minimum absolute atomic E-state index is 0.283. The molecule has 1 aromatic carbocycles. The standard InChI is InChI=1S/C13H11BrClN3S/c1-7-4-9(14)12(5-10(7)15)18-8-2-3-11(13(16)19)17-6-8/h2-6,18H,1H3,(H2,16,19). The molecule has 98 valence electrons. The lowest BCUT2D eigenvalue weighted by atomic mass is 10.2. The summed E-state index contributed by atoms with van der Waals surface area (Å²) in [5.41, 5.74) is 8.82. The van der Waals surface area contributed by atoms with Crippen LogP contribution in [0.4, 0.5) is 11.4 Å². The van der Waals surface area contributed by atoms with Crippen LogP contribution in [0.25, 0.3) is 0 Å². The molecule has 0 amide bonds. The minimum atomic E-state index is 0.283. The van der Waals surface area contributed by atoms with Crippen LogP contribution in [0.5, 0.6) is 0 Å². The highest BCUT2D eigenvalue weighted by Crippen LogP contribution is 2.31. The van der Waals surface area contributed by atoms with Crippen molar-refractivity contribution in [1.82, 2.24) is 4.98 Å². The molecule has 0 fully saturated rings. The Morgan fingerprint density at radius 1 is 1.42 bits per heavy atom. The Morgan fingerprint density at radius 2 is 2.16 bits per heavy atom. The van der Waals surface area contributed by atoms with Gasteiger partial charge in [-0.1, -0.05) is 23.8 Å². The van der Waals surface area contributed by atoms with Crippen LogP contribution in [0.3, 0.4) is 0 Å². The SMILES string of the molecule is Cc1cc(Br)c(Nc2ccc(C(N)=S)nc2)cc1Cl. The Hall–Kier alpha value is -1.17. The van der Waals surface area contributed by atoms with Crippen molar-refractivity contribution in [2.24, 2.45) is 5.73 Å². The number of nitrogens with two attached hydrogens (primary N) is 1. The number of pyridine rings is 1. The average Bonchev–Trinajstić information content (AvgIpc) is 2.36. The first kappa shape index (κ1) is 14.2. The van der Waals surface area contributed by atoms with Gasteiger partial charge in [-0.05, 0) is 52.7 Å². The van der Waals surface area contributed by atoms with Crippen LogP contribution in [0, 0.1) is 6.92 Å². The van der Waals surface area contributed by atoms with Gasteiger partial charge in [0, 0.05) is 9.50 Å². The molecule has 0 atom stereocenters. The summed E-state index contributed by atoms with van der Waals surface area (Å²) >= 11 is 14.5. The first-order valence-corrected chi connectivity index (χ1v) is 7.04. The summed E-state index contributed by atoms with van der Waals surface area (Å²) < 4.78 is 0.938. The van der Waals surface area contributed by atoms with E-state index < -0.39 is 0 Å². The van der Waals surface area contributed by atoms with Crippen LogP contribution in [0.1, 0.15) is 11.3 Å². The van der Waals surface area contributed by atoms with E-state index >= 15 is 0 Å². The van der Waals surface area contributed by atoms with Crippen molar-refractivity contribution in [3.63, 3.8) is 0 Å². The molecule has 0 unspecified atom stereocenters. The van der Waals surface area contributed by atoms with Crippen molar-refractivity contribution in [2.45, 2.75) is 6.92 Å². The molecule has 0 aliphatic rings. The van der Waals surface area contributed by atoms with Crippen molar-refractivity contribution in [1.29, 1.82) is 0 Å². The quantitative estimate of drug-likeness (QED) is 0.810. The van der Waals surface area contributed by atoms with Gasteiger partial charge in [-0.15, -0.1) is 0 Å². The van der Waals surface area contributed by atoms with Crippen LogP contribution < -0.4 is 11.1 Å². The molecule has 0 radical (unpaired) electrons. The third-order valence-corrected chi connectivity index (χ3v) is 3.82. The van der Waals surface area contributed by atoms with Gasteiger partial charge in [-0.2, -0.15) is 0 Å². The Morgan fingerprint density at radius 3 is 2.74 bits per heavy atom. The molecular formula is C13H11BrClN3S. The lowest BCUT2D eigenvalue weighted by Crippen LogP contribution is -2.11. The molecule has 2 aromatic rings. The first-order chi connectivity index (χ1) is 8.97. The van der Waals surface area contributed by atoms with E-state index in [0.717, 1.165) is 21.4 Å². The van der Waals surface area contributed by atoms with Crippen molar-refractivity contribution < 1.29 is 0 Å². The molecule has 6 heteroatoms. The summed E-state index contributed by atoms with van der Waals surface area (Å²) in [5, 5.41) is 3.94. The maximum Gasteiger partial charge on any atom is 0.122 e. The Bertz CT molecular complexity index is 629. The van der Waals surface area contributed by atoms with Crippen LogP contribution in [-0.2, 0) is 0 Å². The van der Waals surface area contributed by atoms with Crippen molar-refractivity contribution in [3.05, 3.63) is 51.2 Å². The minimum Gasteiger partial charge on any atom is -0.388 e. The first-order valence-electron chi connectivity index (χ1n) is 5.46. The van der Waals surface area contributed by atoms with Gasteiger partial charge in [0.2, 0.25) is 0 Å². The summed E-state index contributed by atoms with van der Waals surface area (Å²) in [7, 11) is 0. The number of hydrogen-bond acceptors (Lipinski definition) is 3. The Kier molecular flexibility index (Phi) is 4.39. The fraction of sp³-hybridized carbons (Fsp3) is 0.0769. The van der Waals surface area contributed by atoms with E-state index in [4.69, 9.17) is 29.6 Å². The number of aromatic nitrogens is 1. The second-order valence-corrected chi connectivity index (χ2v) is 5.70. The summed E-state index contributed by atoms with van der Waals surface area (Å²) in [6.07, 6.45) is 1.68. The predicted octanol–water partition coefficient (Wildman–Crippen LogP) is 4.18. The average molecular weight is 357 g/mol. The molecule has 3 N–H and O–H groups in total. The number of anilines is 2. The van der Waals surface area contributed by atoms with Gasteiger partial charge in [-0.25, -0.2) is 0 Å². The molecule has 0 bridgehead atoms. The van der Waals surface area contributed by atoms with E-state index in [1.54, 1.807) is 12.3 Å². The van der Waals surface area contributed by atoms with E-state index in [1.807, 2.05) is 25.1 Å². The molecule has 0 aliphatic carbocycles. The number of hydrogen-bond donors (Lipinski definition) is 2. The van der Waals surface area contributed by atoms with Crippen LogP contribution in [0.2, 0.25) is 5.02 Å². The highest BCUT2D eigenvalue weighted by atomic mass is 79.9.